The van der Waals surface area contributed by atoms with E-state index in [1.54, 1.807) is 0 Å². The smallest absolute Gasteiger partial charge is 0.330 e. The van der Waals surface area contributed by atoms with Crippen molar-refractivity contribution in [1.82, 2.24) is 0 Å². The topological polar surface area (TPSA) is 44.8 Å². The molecule has 0 rings (SSSR count). The molecule has 0 bridgehead atoms. The maximum Gasteiger partial charge on any atom is 0.330 e. The fourth-order valence-corrected chi connectivity index (χ4v) is 4.18. The third kappa shape index (κ3) is 8.76. The molecule has 164 valence electrons. The highest BCUT2D eigenvalue weighted by Gasteiger charge is 2.39. The second-order valence-electron chi connectivity index (χ2n) is 10.6. The minimum atomic E-state index is -1.96. The number of hydrogen-bond donors (Lipinski definition) is 0. The summed E-state index contributed by atoms with van der Waals surface area (Å²) < 4.78 is 17.6. The van der Waals surface area contributed by atoms with Crippen LogP contribution in [0.2, 0.25) is 36.3 Å². The lowest BCUT2D eigenvalue weighted by Crippen LogP contribution is -2.45. The van der Waals surface area contributed by atoms with Gasteiger partial charge in [0.2, 0.25) is 0 Å². The lowest BCUT2D eigenvalue weighted by molar-refractivity contribution is -0.134. The lowest BCUT2D eigenvalue weighted by Gasteiger charge is -2.40. The summed E-state index contributed by atoms with van der Waals surface area (Å²) >= 11 is 0. The Labute approximate surface area is 176 Å². The van der Waals surface area contributed by atoms with Gasteiger partial charge in [0.15, 0.2) is 16.6 Å². The van der Waals surface area contributed by atoms with Gasteiger partial charge in [-0.1, -0.05) is 66.7 Å². The zero-order valence-corrected chi connectivity index (χ0v) is 22.3. The first-order valence-electron chi connectivity index (χ1n) is 10.2. The van der Waals surface area contributed by atoms with Crippen LogP contribution in [0.5, 0.6) is 0 Å². The largest absolute Gasteiger partial charge is 0.466 e. The molecule has 0 N–H and O–H groups in total. The Balaban J connectivity index is 5.34. The molecular formula is C22H44O4Si2. The highest BCUT2D eigenvalue weighted by atomic mass is 28.4. The molecule has 0 heterocycles. The third-order valence-corrected chi connectivity index (χ3v) is 15.1. The van der Waals surface area contributed by atoms with Crippen molar-refractivity contribution in [2.75, 3.05) is 13.7 Å². The standard InChI is InChI=1S/C22H44O4Si2/c1-18(15-16-20(23)24-8)19(26-28(11,12)22(5,6)7)14-13-17-25-27(9,10)21(2,3)4/h13-16,18-19H,17H2,1-12H3/b14-13+,16-15+/t18-,19+/m1/s1. The van der Waals surface area contributed by atoms with Gasteiger partial charge in [0.05, 0.1) is 19.8 Å². The van der Waals surface area contributed by atoms with Crippen LogP contribution in [0.25, 0.3) is 0 Å². The van der Waals surface area contributed by atoms with Crippen molar-refractivity contribution in [3.05, 3.63) is 24.3 Å². The van der Waals surface area contributed by atoms with E-state index in [1.165, 1.54) is 13.2 Å². The zero-order valence-electron chi connectivity index (χ0n) is 20.3. The van der Waals surface area contributed by atoms with Crippen LogP contribution >= 0.6 is 0 Å². The van der Waals surface area contributed by atoms with Crippen LogP contribution in [0, 0.1) is 5.92 Å². The first-order chi connectivity index (χ1) is 12.4. The van der Waals surface area contributed by atoms with E-state index in [0.717, 1.165) is 0 Å². The van der Waals surface area contributed by atoms with Crippen LogP contribution in [-0.4, -0.2) is 42.4 Å². The predicted molar refractivity (Wildman–Crippen MR) is 125 cm³/mol. The Morgan fingerprint density at radius 2 is 1.43 bits per heavy atom. The Hall–Kier alpha value is -0.696. The van der Waals surface area contributed by atoms with Gasteiger partial charge in [0.1, 0.15) is 0 Å². The quantitative estimate of drug-likeness (QED) is 0.186. The summed E-state index contributed by atoms with van der Waals surface area (Å²) in [5.74, 6) is -0.291. The molecule has 0 saturated heterocycles. The molecule has 0 aliphatic heterocycles. The molecule has 0 aromatic heterocycles. The van der Waals surface area contributed by atoms with Crippen molar-refractivity contribution in [2.24, 2.45) is 5.92 Å². The Bertz CT molecular complexity index is 552. The van der Waals surface area contributed by atoms with Gasteiger partial charge in [0, 0.05) is 12.0 Å². The van der Waals surface area contributed by atoms with Gasteiger partial charge in [-0.05, 0) is 36.3 Å². The van der Waals surface area contributed by atoms with Crippen molar-refractivity contribution in [3.8, 4) is 0 Å². The minimum Gasteiger partial charge on any atom is -0.466 e. The second kappa shape index (κ2) is 10.4. The summed E-state index contributed by atoms with van der Waals surface area (Å²) in [6, 6.07) is 0. The second-order valence-corrected chi connectivity index (χ2v) is 20.1. The molecule has 0 aromatic carbocycles. The summed E-state index contributed by atoms with van der Waals surface area (Å²) in [6.07, 6.45) is 7.40. The van der Waals surface area contributed by atoms with Crippen LogP contribution in [0.4, 0.5) is 0 Å². The van der Waals surface area contributed by atoms with Crippen LogP contribution in [0.3, 0.4) is 0 Å². The number of carbonyl (C=O) groups is 1. The molecule has 0 aromatic rings. The maximum absolute atomic E-state index is 11.5. The van der Waals surface area contributed by atoms with E-state index >= 15 is 0 Å². The van der Waals surface area contributed by atoms with E-state index in [2.05, 4.69) is 86.8 Å². The van der Waals surface area contributed by atoms with Gasteiger partial charge in [-0.25, -0.2) is 4.79 Å². The molecule has 0 spiro atoms. The summed E-state index contributed by atoms with van der Waals surface area (Å²) in [6.45, 7) is 25.1. The molecule has 4 nitrogen and oxygen atoms in total. The van der Waals surface area contributed by atoms with Gasteiger partial charge in [-0.2, -0.15) is 0 Å². The zero-order chi connectivity index (χ0) is 22.4. The van der Waals surface area contributed by atoms with Crippen LogP contribution in [0.1, 0.15) is 48.5 Å². The molecule has 6 heteroatoms. The Kier molecular flexibility index (Phi) is 10.1. The molecular weight excluding hydrogens is 384 g/mol. The molecule has 28 heavy (non-hydrogen) atoms. The number of methoxy groups -OCH3 is 1. The summed E-state index contributed by atoms with van der Waals surface area (Å²) in [5.41, 5.74) is 0. The molecule has 0 aliphatic carbocycles. The minimum absolute atomic E-state index is 0.0531. The Morgan fingerprint density at radius 3 is 1.86 bits per heavy atom. The van der Waals surface area contributed by atoms with Crippen molar-refractivity contribution in [3.63, 3.8) is 0 Å². The SMILES string of the molecule is COC(=O)/C=C/[C@@H](C)[C@H](/C=C/CO[Si](C)(C)C(C)(C)C)O[Si](C)(C)C(C)(C)C. The predicted octanol–water partition coefficient (Wildman–Crippen LogP) is 6.32. The summed E-state index contributed by atoms with van der Waals surface area (Å²) in [4.78, 5) is 11.5. The number of hydrogen-bond acceptors (Lipinski definition) is 4. The number of esters is 1. The highest BCUT2D eigenvalue weighted by Crippen LogP contribution is 2.39. The van der Waals surface area contributed by atoms with Crippen LogP contribution in [0.15, 0.2) is 24.3 Å². The monoisotopic (exact) mass is 428 g/mol. The van der Waals surface area contributed by atoms with E-state index in [1.807, 2.05) is 6.08 Å². The van der Waals surface area contributed by atoms with E-state index in [9.17, 15) is 4.79 Å². The third-order valence-electron chi connectivity index (χ3n) is 6.16. The van der Waals surface area contributed by atoms with Crippen molar-refractivity contribution in [1.29, 1.82) is 0 Å². The van der Waals surface area contributed by atoms with Gasteiger partial charge < -0.3 is 13.6 Å². The van der Waals surface area contributed by atoms with Crippen molar-refractivity contribution in [2.45, 2.75) is 90.8 Å². The molecule has 0 fully saturated rings. The summed E-state index contributed by atoms with van der Waals surface area (Å²) in [7, 11) is -2.34. The van der Waals surface area contributed by atoms with Crippen LogP contribution in [-0.2, 0) is 18.4 Å². The van der Waals surface area contributed by atoms with Crippen molar-refractivity contribution >= 4 is 22.6 Å². The van der Waals surface area contributed by atoms with Gasteiger partial charge in [0.25, 0.3) is 0 Å². The number of carbonyl (C=O) groups excluding carboxylic acids is 1. The number of rotatable bonds is 9. The number of ether oxygens (including phenoxy) is 1. The molecule has 2 atom stereocenters. The molecule has 0 aliphatic rings. The lowest BCUT2D eigenvalue weighted by atomic mass is 10.0. The normalized spacial score (nSPS) is 16.6. The first-order valence-corrected chi connectivity index (χ1v) is 16.0. The maximum atomic E-state index is 11.5. The van der Waals surface area contributed by atoms with E-state index < -0.39 is 16.6 Å². The molecule has 0 amide bonds. The van der Waals surface area contributed by atoms with Gasteiger partial charge in [-0.15, -0.1) is 0 Å². The summed E-state index contributed by atoms with van der Waals surface area (Å²) in [5, 5.41) is 0.303. The van der Waals surface area contributed by atoms with Crippen molar-refractivity contribution < 1.29 is 18.4 Å². The molecule has 0 saturated carbocycles. The van der Waals surface area contributed by atoms with Crippen LogP contribution < -0.4 is 0 Å². The van der Waals surface area contributed by atoms with E-state index in [-0.39, 0.29) is 28.1 Å². The van der Waals surface area contributed by atoms with Gasteiger partial charge in [-0.3, -0.25) is 0 Å². The first kappa shape index (κ1) is 27.3. The Morgan fingerprint density at radius 1 is 0.929 bits per heavy atom. The average molecular weight is 429 g/mol. The molecule has 0 radical (unpaired) electrons. The fourth-order valence-electron chi connectivity index (χ4n) is 1.91. The highest BCUT2D eigenvalue weighted by molar-refractivity contribution is 6.74. The molecule has 0 unspecified atom stereocenters. The average Bonchev–Trinajstić information content (AvgIpc) is 2.52. The van der Waals surface area contributed by atoms with E-state index in [4.69, 9.17) is 13.6 Å². The fraction of sp³-hybridized carbons (Fsp3) is 0.773. The van der Waals surface area contributed by atoms with E-state index in [0.29, 0.717) is 6.61 Å². The van der Waals surface area contributed by atoms with Gasteiger partial charge >= 0.3 is 5.97 Å².